The number of Topliss-reactive ketones (excluding diaryl/α,β-unsaturated/α-hetero) is 1. The Balaban J connectivity index is 1.27. The molecular formula is C26H21Cl2FN6O4. The Hall–Kier alpha value is -3.83. The fourth-order valence-corrected chi connectivity index (χ4v) is 5.17. The zero-order valence-corrected chi connectivity index (χ0v) is 22.1. The molecule has 1 aliphatic heterocycles. The van der Waals surface area contributed by atoms with Crippen molar-refractivity contribution >= 4 is 51.7 Å². The first-order valence-electron chi connectivity index (χ1n) is 12.2. The maximum absolute atomic E-state index is 15.0. The molecule has 0 radical (unpaired) electrons. The largest absolute Gasteiger partial charge is 0.360 e. The third-order valence-corrected chi connectivity index (χ3v) is 7.48. The zero-order valence-electron chi connectivity index (χ0n) is 20.6. The maximum atomic E-state index is 15.0. The number of ketones is 1. The van der Waals surface area contributed by atoms with Crippen LogP contribution in [-0.4, -0.2) is 72.7 Å². The summed E-state index contributed by atoms with van der Waals surface area (Å²) >= 11 is 12.1. The minimum atomic E-state index is -1.43. The van der Waals surface area contributed by atoms with Crippen LogP contribution in [0, 0.1) is 5.82 Å². The number of alkyl halides is 2. The second-order valence-corrected chi connectivity index (χ2v) is 11.5. The lowest BCUT2D eigenvalue weighted by atomic mass is 10.0. The lowest BCUT2D eigenvalue weighted by Gasteiger charge is -2.41. The van der Waals surface area contributed by atoms with E-state index in [1.165, 1.54) is 24.1 Å². The van der Waals surface area contributed by atoms with Crippen LogP contribution in [0.3, 0.4) is 0 Å². The number of nitrogens with zero attached hydrogens (tertiary/aromatic N) is 5. The maximum Gasteiger partial charge on any atom is 0.295 e. The van der Waals surface area contributed by atoms with Gasteiger partial charge in [-0.3, -0.25) is 19.4 Å². The first kappa shape index (κ1) is 25.4. The number of carbonyl (C=O) groups excluding carboxylic acids is 3. The van der Waals surface area contributed by atoms with Crippen LogP contribution in [0.1, 0.15) is 46.5 Å². The number of aromatic amines is 1. The van der Waals surface area contributed by atoms with Gasteiger partial charge in [-0.1, -0.05) is 34.4 Å². The molecule has 0 bridgehead atoms. The van der Waals surface area contributed by atoms with Gasteiger partial charge >= 0.3 is 0 Å². The number of halogens is 3. The van der Waals surface area contributed by atoms with Crippen molar-refractivity contribution in [3.05, 3.63) is 65.7 Å². The first-order chi connectivity index (χ1) is 18.6. The van der Waals surface area contributed by atoms with Gasteiger partial charge in [0.1, 0.15) is 11.5 Å². The van der Waals surface area contributed by atoms with Crippen LogP contribution in [-0.2, 0) is 9.13 Å². The van der Waals surface area contributed by atoms with Crippen LogP contribution in [0.4, 0.5) is 4.39 Å². The van der Waals surface area contributed by atoms with Gasteiger partial charge in [0.25, 0.3) is 23.5 Å². The lowest BCUT2D eigenvalue weighted by Crippen LogP contribution is -2.59. The van der Waals surface area contributed by atoms with Gasteiger partial charge in [-0.05, 0) is 44.0 Å². The molecule has 4 aromatic rings. The smallest absolute Gasteiger partial charge is 0.295 e. The molecule has 1 N–H and O–H groups in total. The molecule has 4 heterocycles. The van der Waals surface area contributed by atoms with Crippen LogP contribution in [0.5, 0.6) is 0 Å². The highest BCUT2D eigenvalue weighted by Gasteiger charge is 2.55. The molecule has 200 valence electrons. The summed E-state index contributed by atoms with van der Waals surface area (Å²) < 4.78 is 18.7. The Morgan fingerprint density at radius 3 is 2.62 bits per heavy atom. The van der Waals surface area contributed by atoms with Crippen molar-refractivity contribution in [2.24, 2.45) is 0 Å². The molecule has 1 saturated carbocycles. The number of amides is 2. The highest BCUT2D eigenvalue weighted by atomic mass is 35.5. The Labute approximate surface area is 231 Å². The molecule has 2 amide bonds. The van der Waals surface area contributed by atoms with E-state index < -0.39 is 27.4 Å². The quantitative estimate of drug-likeness (QED) is 0.217. The van der Waals surface area contributed by atoms with Gasteiger partial charge in [-0.15, -0.1) is 0 Å². The summed E-state index contributed by atoms with van der Waals surface area (Å²) in [5, 5.41) is 3.81. The zero-order chi connectivity index (χ0) is 27.5. The van der Waals surface area contributed by atoms with Crippen LogP contribution in [0.2, 0.25) is 0 Å². The van der Waals surface area contributed by atoms with Crippen LogP contribution < -0.4 is 0 Å². The number of aromatic nitrogens is 4. The second kappa shape index (κ2) is 9.13. The molecule has 39 heavy (non-hydrogen) atoms. The van der Waals surface area contributed by atoms with E-state index in [1.54, 1.807) is 29.3 Å². The number of nitrogens with one attached hydrogen (secondary N) is 1. The lowest BCUT2D eigenvalue weighted by molar-refractivity contribution is -0.131. The molecule has 1 aliphatic carbocycles. The molecule has 0 atom stereocenters. The van der Waals surface area contributed by atoms with Crippen molar-refractivity contribution in [2.45, 2.75) is 29.6 Å². The fourth-order valence-electron chi connectivity index (χ4n) is 5.01. The Kier molecular flexibility index (Phi) is 5.96. The highest BCUT2D eigenvalue weighted by molar-refractivity contribution is 6.47. The Morgan fingerprint density at radius 1 is 1.15 bits per heavy atom. The van der Waals surface area contributed by atoms with Crippen LogP contribution in [0.25, 0.3) is 22.3 Å². The monoisotopic (exact) mass is 570 g/mol. The summed E-state index contributed by atoms with van der Waals surface area (Å²) in [5.41, 5.74) is 0.148. The van der Waals surface area contributed by atoms with Gasteiger partial charge in [0.05, 0.1) is 16.6 Å². The van der Waals surface area contributed by atoms with Gasteiger partial charge in [-0.25, -0.2) is 4.39 Å². The van der Waals surface area contributed by atoms with E-state index in [1.807, 2.05) is 0 Å². The summed E-state index contributed by atoms with van der Waals surface area (Å²) in [7, 11) is 0. The van der Waals surface area contributed by atoms with E-state index in [9.17, 15) is 14.4 Å². The predicted molar refractivity (Wildman–Crippen MR) is 139 cm³/mol. The van der Waals surface area contributed by atoms with Gasteiger partial charge < -0.3 is 19.3 Å². The standard InChI is InChI=1S/C26H21Cl2FN6O4/c1-25(27,28)24-32-21(33-39-24)14-5-6-16(29)18-15(12-31-19(14)18)20(36)23(38)35-11-10-34(13-26(35)7-8-26)22(37)17-4-2-3-9-30-17/h2-6,9,12,31H,7-8,10-11,13H2,1H3. The highest BCUT2D eigenvalue weighted by Crippen LogP contribution is 2.45. The SMILES string of the molecule is CC(Cl)(Cl)c1nc(-c2ccc(F)c3c(C(=O)C(=O)N4CCN(C(=O)c5ccccn5)CC45CC5)c[nH]c23)no1. The first-order valence-corrected chi connectivity index (χ1v) is 12.9. The molecule has 1 spiro atoms. The molecule has 13 heteroatoms. The number of benzene rings is 1. The molecule has 6 rings (SSSR count). The molecule has 1 saturated heterocycles. The Bertz CT molecular complexity index is 1630. The minimum absolute atomic E-state index is 0.0493. The number of H-pyrrole nitrogens is 1. The van der Waals surface area contributed by atoms with Gasteiger partial charge in [0.2, 0.25) is 5.82 Å². The Morgan fingerprint density at radius 2 is 1.95 bits per heavy atom. The molecule has 10 nitrogen and oxygen atoms in total. The number of hydrogen-bond donors (Lipinski definition) is 1. The molecule has 0 unspecified atom stereocenters. The van der Waals surface area contributed by atoms with Gasteiger partial charge in [-0.2, -0.15) is 4.98 Å². The number of hydrogen-bond acceptors (Lipinski definition) is 7. The van der Waals surface area contributed by atoms with Crippen LogP contribution in [0.15, 0.2) is 47.2 Å². The number of fused-ring (bicyclic) bond motifs is 1. The molecule has 3 aromatic heterocycles. The van der Waals surface area contributed by atoms with Crippen molar-refractivity contribution in [3.8, 4) is 11.4 Å². The molecular weight excluding hydrogens is 550 g/mol. The van der Waals surface area contributed by atoms with Crippen molar-refractivity contribution in [1.82, 2.24) is 29.9 Å². The van der Waals surface area contributed by atoms with Crippen LogP contribution >= 0.6 is 23.2 Å². The summed E-state index contributed by atoms with van der Waals surface area (Å²) in [5.74, 6) is -2.48. The minimum Gasteiger partial charge on any atom is -0.360 e. The van der Waals surface area contributed by atoms with E-state index in [0.29, 0.717) is 30.6 Å². The molecule has 2 aliphatic rings. The summed E-state index contributed by atoms with van der Waals surface area (Å²) in [6, 6.07) is 7.69. The topological polar surface area (TPSA) is 125 Å². The van der Waals surface area contributed by atoms with E-state index in [0.717, 1.165) is 6.07 Å². The third-order valence-electron chi connectivity index (χ3n) is 7.16. The van der Waals surface area contributed by atoms with Crippen molar-refractivity contribution in [2.75, 3.05) is 19.6 Å². The number of piperazine rings is 1. The molecule has 2 fully saturated rings. The second-order valence-electron chi connectivity index (χ2n) is 9.81. The van der Waals surface area contributed by atoms with Crippen molar-refractivity contribution < 1.29 is 23.3 Å². The van der Waals surface area contributed by atoms with Gasteiger partial charge in [0, 0.05) is 43.0 Å². The summed E-state index contributed by atoms with van der Waals surface area (Å²) in [6.07, 6.45) is 4.16. The van der Waals surface area contributed by atoms with E-state index in [-0.39, 0.29) is 47.2 Å². The average molecular weight is 571 g/mol. The normalized spacial score (nSPS) is 16.6. The van der Waals surface area contributed by atoms with Crippen molar-refractivity contribution in [3.63, 3.8) is 0 Å². The average Bonchev–Trinajstić information content (AvgIpc) is 3.32. The number of carbonyl (C=O) groups is 3. The van der Waals surface area contributed by atoms with E-state index in [2.05, 4.69) is 20.1 Å². The predicted octanol–water partition coefficient (Wildman–Crippen LogP) is 4.10. The van der Waals surface area contributed by atoms with Crippen molar-refractivity contribution in [1.29, 1.82) is 0 Å². The van der Waals surface area contributed by atoms with E-state index >= 15 is 4.39 Å². The number of rotatable bonds is 5. The summed E-state index contributed by atoms with van der Waals surface area (Å²) in [6.45, 7) is 2.20. The van der Waals surface area contributed by atoms with E-state index in [4.69, 9.17) is 27.7 Å². The summed E-state index contributed by atoms with van der Waals surface area (Å²) in [4.78, 5) is 54.2. The third kappa shape index (κ3) is 4.35. The van der Waals surface area contributed by atoms with Gasteiger partial charge in [0.15, 0.2) is 4.33 Å². The molecule has 1 aromatic carbocycles. The number of pyridine rings is 1. The fraction of sp³-hybridized carbons (Fsp3) is 0.308.